The highest BCUT2D eigenvalue weighted by molar-refractivity contribution is 5.95. The Hall–Kier alpha value is -2.82. The summed E-state index contributed by atoms with van der Waals surface area (Å²) in [5.74, 6) is 0.0168. The van der Waals surface area contributed by atoms with Crippen LogP contribution in [0, 0.1) is 0 Å². The number of nitrogens with one attached hydrogen (secondary N) is 1. The van der Waals surface area contributed by atoms with Gasteiger partial charge in [0, 0.05) is 45.1 Å². The first kappa shape index (κ1) is 16.1. The van der Waals surface area contributed by atoms with Crippen LogP contribution in [-0.2, 0) is 18.3 Å². The van der Waals surface area contributed by atoms with Crippen molar-refractivity contribution in [1.82, 2.24) is 9.78 Å². The second-order valence-corrected chi connectivity index (χ2v) is 6.21. The molecule has 0 radical (unpaired) electrons. The highest BCUT2D eigenvalue weighted by atomic mass is 16.1. The van der Waals surface area contributed by atoms with E-state index < -0.39 is 0 Å². The fourth-order valence-corrected chi connectivity index (χ4v) is 2.67. The Labute approximate surface area is 141 Å². The molecule has 1 heterocycles. The Balaban J connectivity index is 1.66. The molecule has 0 aliphatic carbocycles. The fourth-order valence-electron chi connectivity index (χ4n) is 2.67. The van der Waals surface area contributed by atoms with Crippen molar-refractivity contribution in [2.75, 3.05) is 24.3 Å². The highest BCUT2D eigenvalue weighted by Gasteiger charge is 2.06. The summed E-state index contributed by atoms with van der Waals surface area (Å²) >= 11 is 0. The Bertz CT molecular complexity index is 867. The van der Waals surface area contributed by atoms with E-state index in [9.17, 15) is 4.79 Å². The molecule has 1 amide bonds. The number of fused-ring (bicyclic) bond motifs is 1. The van der Waals surface area contributed by atoms with Crippen LogP contribution < -0.4 is 10.2 Å². The van der Waals surface area contributed by atoms with Crippen LogP contribution in [-0.4, -0.2) is 29.8 Å². The van der Waals surface area contributed by atoms with E-state index in [-0.39, 0.29) is 5.91 Å². The summed E-state index contributed by atoms with van der Waals surface area (Å²) < 4.78 is 1.75. The number of hydrogen-bond acceptors (Lipinski definition) is 3. The number of anilines is 2. The van der Waals surface area contributed by atoms with E-state index in [1.54, 1.807) is 10.9 Å². The summed E-state index contributed by atoms with van der Waals surface area (Å²) in [5.41, 5.74) is 3.06. The lowest BCUT2D eigenvalue weighted by molar-refractivity contribution is -0.116. The Morgan fingerprint density at radius 3 is 2.62 bits per heavy atom. The Kier molecular flexibility index (Phi) is 4.51. The van der Waals surface area contributed by atoms with Crippen molar-refractivity contribution < 1.29 is 4.79 Å². The van der Waals surface area contributed by atoms with Gasteiger partial charge in [0.15, 0.2) is 0 Å². The molecule has 124 valence electrons. The number of amides is 1. The number of hydrogen-bond donors (Lipinski definition) is 1. The van der Waals surface area contributed by atoms with Gasteiger partial charge in [-0.05, 0) is 47.0 Å². The molecule has 0 unspecified atom stereocenters. The van der Waals surface area contributed by atoms with Crippen LogP contribution in [0.1, 0.15) is 12.0 Å². The minimum absolute atomic E-state index is 0.0168. The summed E-state index contributed by atoms with van der Waals surface area (Å²) in [7, 11) is 5.93. The maximum Gasteiger partial charge on any atom is 0.224 e. The molecule has 5 heteroatoms. The third-order valence-corrected chi connectivity index (χ3v) is 4.02. The average molecular weight is 322 g/mol. The Morgan fingerprint density at radius 2 is 1.92 bits per heavy atom. The van der Waals surface area contributed by atoms with Gasteiger partial charge in [0.25, 0.3) is 0 Å². The van der Waals surface area contributed by atoms with Crippen molar-refractivity contribution in [1.29, 1.82) is 0 Å². The van der Waals surface area contributed by atoms with Crippen LogP contribution >= 0.6 is 0 Å². The van der Waals surface area contributed by atoms with E-state index >= 15 is 0 Å². The maximum atomic E-state index is 12.1. The quantitative estimate of drug-likeness (QED) is 0.785. The van der Waals surface area contributed by atoms with Crippen LogP contribution in [0.15, 0.2) is 48.8 Å². The van der Waals surface area contributed by atoms with Crippen molar-refractivity contribution in [3.05, 3.63) is 54.4 Å². The lowest BCUT2D eigenvalue weighted by atomic mass is 10.1. The highest BCUT2D eigenvalue weighted by Crippen LogP contribution is 2.24. The number of nitrogens with zero attached hydrogens (tertiary/aromatic N) is 3. The van der Waals surface area contributed by atoms with Crippen LogP contribution in [0.5, 0.6) is 0 Å². The topological polar surface area (TPSA) is 50.2 Å². The van der Waals surface area contributed by atoms with Crippen LogP contribution in [0.3, 0.4) is 0 Å². The van der Waals surface area contributed by atoms with Crippen LogP contribution in [0.25, 0.3) is 10.8 Å². The fraction of sp³-hybridized carbons (Fsp3) is 0.263. The normalized spacial score (nSPS) is 10.8. The van der Waals surface area contributed by atoms with Gasteiger partial charge in [-0.3, -0.25) is 9.48 Å². The SMILES string of the molecule is CN(C)c1ccc2cc(NC(=O)CCc3cnn(C)c3)ccc2c1. The second-order valence-electron chi connectivity index (χ2n) is 6.21. The third-order valence-electron chi connectivity index (χ3n) is 4.02. The summed E-state index contributed by atoms with van der Waals surface area (Å²) in [4.78, 5) is 14.2. The number of carbonyl (C=O) groups excluding carboxylic acids is 1. The molecule has 0 fully saturated rings. The molecule has 0 saturated heterocycles. The molecule has 1 N–H and O–H groups in total. The summed E-state index contributed by atoms with van der Waals surface area (Å²) in [6, 6.07) is 12.3. The van der Waals surface area contributed by atoms with Crippen molar-refractivity contribution in [2.24, 2.45) is 7.05 Å². The number of aryl methyl sites for hydroxylation is 2. The predicted octanol–water partition coefficient (Wildman–Crippen LogP) is 3.21. The van der Waals surface area contributed by atoms with Gasteiger partial charge in [0.2, 0.25) is 5.91 Å². The zero-order valence-corrected chi connectivity index (χ0v) is 14.3. The Morgan fingerprint density at radius 1 is 1.17 bits per heavy atom. The number of rotatable bonds is 5. The van der Waals surface area contributed by atoms with E-state index in [0.29, 0.717) is 12.8 Å². The molecule has 2 aromatic carbocycles. The zero-order chi connectivity index (χ0) is 17.1. The number of carbonyl (C=O) groups is 1. The van der Waals surface area contributed by atoms with Crippen molar-refractivity contribution in [2.45, 2.75) is 12.8 Å². The van der Waals surface area contributed by atoms with Gasteiger partial charge in [-0.1, -0.05) is 12.1 Å². The molecule has 3 aromatic rings. The molecule has 0 spiro atoms. The van der Waals surface area contributed by atoms with Gasteiger partial charge in [0.1, 0.15) is 0 Å². The lowest BCUT2D eigenvalue weighted by Crippen LogP contribution is -2.12. The van der Waals surface area contributed by atoms with Gasteiger partial charge in [0.05, 0.1) is 6.20 Å². The van der Waals surface area contributed by atoms with Gasteiger partial charge in [-0.25, -0.2) is 0 Å². The van der Waals surface area contributed by atoms with E-state index in [0.717, 1.165) is 27.7 Å². The first-order chi connectivity index (χ1) is 11.5. The molecule has 1 aromatic heterocycles. The minimum atomic E-state index is 0.0168. The average Bonchev–Trinajstić information content (AvgIpc) is 2.98. The van der Waals surface area contributed by atoms with E-state index in [4.69, 9.17) is 0 Å². The minimum Gasteiger partial charge on any atom is -0.378 e. The third kappa shape index (κ3) is 3.74. The van der Waals surface area contributed by atoms with E-state index in [1.165, 1.54) is 0 Å². The van der Waals surface area contributed by atoms with Gasteiger partial charge < -0.3 is 10.2 Å². The molecule has 0 atom stereocenters. The molecule has 3 rings (SSSR count). The number of benzene rings is 2. The molecule has 0 aliphatic rings. The largest absolute Gasteiger partial charge is 0.378 e. The van der Waals surface area contributed by atoms with Gasteiger partial charge >= 0.3 is 0 Å². The summed E-state index contributed by atoms with van der Waals surface area (Å²) in [6.45, 7) is 0. The molecular weight excluding hydrogens is 300 g/mol. The maximum absolute atomic E-state index is 12.1. The van der Waals surface area contributed by atoms with Crippen molar-refractivity contribution in [3.8, 4) is 0 Å². The molecule has 0 bridgehead atoms. The molecule has 0 saturated carbocycles. The summed E-state index contributed by atoms with van der Waals surface area (Å²) in [5, 5.41) is 9.36. The molecule has 0 aliphatic heterocycles. The van der Waals surface area contributed by atoms with Gasteiger partial charge in [-0.2, -0.15) is 5.10 Å². The van der Waals surface area contributed by atoms with Gasteiger partial charge in [-0.15, -0.1) is 0 Å². The molecular formula is C19H22N4O. The van der Waals surface area contributed by atoms with Crippen LogP contribution in [0.4, 0.5) is 11.4 Å². The number of aromatic nitrogens is 2. The second kappa shape index (κ2) is 6.74. The summed E-state index contributed by atoms with van der Waals surface area (Å²) in [6.07, 6.45) is 4.88. The first-order valence-corrected chi connectivity index (χ1v) is 8.00. The van der Waals surface area contributed by atoms with Crippen molar-refractivity contribution in [3.63, 3.8) is 0 Å². The van der Waals surface area contributed by atoms with E-state index in [2.05, 4.69) is 33.5 Å². The zero-order valence-electron chi connectivity index (χ0n) is 14.3. The predicted molar refractivity (Wildman–Crippen MR) is 98.4 cm³/mol. The van der Waals surface area contributed by atoms with Crippen LogP contribution in [0.2, 0.25) is 0 Å². The molecule has 24 heavy (non-hydrogen) atoms. The lowest BCUT2D eigenvalue weighted by Gasteiger charge is -2.13. The first-order valence-electron chi connectivity index (χ1n) is 8.00. The monoisotopic (exact) mass is 322 g/mol. The molecule has 5 nitrogen and oxygen atoms in total. The van der Waals surface area contributed by atoms with Crippen molar-refractivity contribution >= 4 is 28.1 Å². The standard InChI is InChI=1S/C19H22N4O/c1-22(2)18-8-6-15-10-17(7-5-16(15)11-18)21-19(24)9-4-14-12-20-23(3)13-14/h5-8,10-13H,4,9H2,1-3H3,(H,21,24). The van der Waals surface area contributed by atoms with E-state index in [1.807, 2.05) is 45.5 Å². The smallest absolute Gasteiger partial charge is 0.224 e.